The van der Waals surface area contributed by atoms with Gasteiger partial charge in [0.25, 0.3) is 0 Å². The smallest absolute Gasteiger partial charge is 0.246 e. The number of methoxy groups -OCH3 is 1. The molecule has 2 N–H and O–H groups in total. The Kier molecular flexibility index (Phi) is 7.94. The van der Waals surface area contributed by atoms with Crippen molar-refractivity contribution >= 4 is 23.2 Å². The SMILES string of the molecule is CCN(CC(=O)Nc1ccc(OC)cc1)C(C(=O)Nc1ccc(F)cc1)c1ccccc1. The van der Waals surface area contributed by atoms with Crippen LogP contribution < -0.4 is 15.4 Å². The molecule has 0 aliphatic rings. The van der Waals surface area contributed by atoms with Gasteiger partial charge in [-0.2, -0.15) is 0 Å². The Bertz CT molecular complexity index is 1020. The van der Waals surface area contributed by atoms with Crippen LogP contribution in [-0.2, 0) is 9.59 Å². The predicted molar refractivity (Wildman–Crippen MR) is 123 cm³/mol. The summed E-state index contributed by atoms with van der Waals surface area (Å²) in [6, 6.07) is 21.1. The van der Waals surface area contributed by atoms with E-state index < -0.39 is 6.04 Å². The van der Waals surface area contributed by atoms with Gasteiger partial charge in [-0.25, -0.2) is 4.39 Å². The lowest BCUT2D eigenvalue weighted by molar-refractivity contribution is -0.123. The van der Waals surface area contributed by atoms with Crippen LogP contribution in [0.1, 0.15) is 18.5 Å². The van der Waals surface area contributed by atoms with Crippen molar-refractivity contribution in [2.24, 2.45) is 0 Å². The van der Waals surface area contributed by atoms with Crippen molar-refractivity contribution < 1.29 is 18.7 Å². The summed E-state index contributed by atoms with van der Waals surface area (Å²) in [5, 5.41) is 5.67. The van der Waals surface area contributed by atoms with Gasteiger partial charge in [0.15, 0.2) is 0 Å². The minimum Gasteiger partial charge on any atom is -0.497 e. The molecule has 0 aromatic heterocycles. The highest BCUT2D eigenvalue weighted by Gasteiger charge is 2.28. The summed E-state index contributed by atoms with van der Waals surface area (Å²) in [6.07, 6.45) is 0. The zero-order valence-corrected chi connectivity index (χ0v) is 18.0. The van der Waals surface area contributed by atoms with Crippen LogP contribution in [0.3, 0.4) is 0 Å². The Balaban J connectivity index is 1.77. The monoisotopic (exact) mass is 435 g/mol. The molecule has 7 heteroatoms. The van der Waals surface area contributed by atoms with Crippen LogP contribution in [0.4, 0.5) is 15.8 Å². The highest BCUT2D eigenvalue weighted by molar-refractivity contribution is 5.97. The Hall–Kier alpha value is -3.71. The van der Waals surface area contributed by atoms with Gasteiger partial charge in [0.1, 0.15) is 17.6 Å². The molecule has 2 amide bonds. The van der Waals surface area contributed by atoms with Crippen LogP contribution in [0.2, 0.25) is 0 Å². The summed E-state index contributed by atoms with van der Waals surface area (Å²) in [5.41, 5.74) is 1.88. The van der Waals surface area contributed by atoms with Gasteiger partial charge >= 0.3 is 0 Å². The van der Waals surface area contributed by atoms with Crippen molar-refractivity contribution in [2.45, 2.75) is 13.0 Å². The van der Waals surface area contributed by atoms with Gasteiger partial charge in [-0.1, -0.05) is 37.3 Å². The van der Waals surface area contributed by atoms with Crippen LogP contribution in [0.25, 0.3) is 0 Å². The van der Waals surface area contributed by atoms with Gasteiger partial charge in [-0.3, -0.25) is 14.5 Å². The van der Waals surface area contributed by atoms with Crippen LogP contribution in [0, 0.1) is 5.82 Å². The lowest BCUT2D eigenvalue weighted by atomic mass is 10.0. The zero-order valence-electron chi connectivity index (χ0n) is 18.0. The number of nitrogens with one attached hydrogen (secondary N) is 2. The number of carbonyl (C=O) groups is 2. The molecule has 1 atom stereocenters. The van der Waals surface area contributed by atoms with E-state index in [2.05, 4.69) is 10.6 Å². The normalized spacial score (nSPS) is 11.6. The molecule has 0 aliphatic carbocycles. The largest absolute Gasteiger partial charge is 0.497 e. The van der Waals surface area contributed by atoms with E-state index in [1.54, 1.807) is 36.3 Å². The maximum atomic E-state index is 13.2. The number of hydrogen-bond acceptors (Lipinski definition) is 4. The third-order valence-electron chi connectivity index (χ3n) is 4.97. The van der Waals surface area contributed by atoms with E-state index in [1.165, 1.54) is 24.3 Å². The number of hydrogen-bond donors (Lipinski definition) is 2. The van der Waals surface area contributed by atoms with Gasteiger partial charge in [0.05, 0.1) is 13.7 Å². The molecule has 0 saturated heterocycles. The summed E-state index contributed by atoms with van der Waals surface area (Å²) < 4.78 is 18.4. The van der Waals surface area contributed by atoms with Crippen molar-refractivity contribution in [1.82, 2.24) is 4.90 Å². The average molecular weight is 435 g/mol. The molecule has 3 aromatic carbocycles. The molecule has 6 nitrogen and oxygen atoms in total. The van der Waals surface area contributed by atoms with Crippen molar-refractivity contribution in [2.75, 3.05) is 30.8 Å². The van der Waals surface area contributed by atoms with Crippen molar-refractivity contribution in [3.05, 3.63) is 90.2 Å². The molecule has 0 radical (unpaired) electrons. The van der Waals surface area contributed by atoms with E-state index in [0.717, 1.165) is 5.56 Å². The van der Waals surface area contributed by atoms with Gasteiger partial charge < -0.3 is 15.4 Å². The summed E-state index contributed by atoms with van der Waals surface area (Å²) in [7, 11) is 1.58. The molecular weight excluding hydrogens is 409 g/mol. The molecule has 166 valence electrons. The second-order valence-electron chi connectivity index (χ2n) is 7.15. The summed E-state index contributed by atoms with van der Waals surface area (Å²) >= 11 is 0. The fourth-order valence-electron chi connectivity index (χ4n) is 3.35. The number of rotatable bonds is 9. The quantitative estimate of drug-likeness (QED) is 0.520. The van der Waals surface area contributed by atoms with Gasteiger partial charge in [0, 0.05) is 11.4 Å². The standard InChI is InChI=1S/C25H26FN3O3/c1-3-29(17-23(30)27-20-13-15-22(32-2)16-14-20)24(18-7-5-4-6-8-18)25(31)28-21-11-9-19(26)10-12-21/h4-16,24H,3,17H2,1-2H3,(H,27,30)(H,28,31). The molecule has 0 heterocycles. The molecule has 0 aliphatic heterocycles. The first-order valence-electron chi connectivity index (χ1n) is 10.3. The van der Waals surface area contributed by atoms with E-state index >= 15 is 0 Å². The van der Waals surface area contributed by atoms with Crippen molar-refractivity contribution in [3.63, 3.8) is 0 Å². The topological polar surface area (TPSA) is 70.7 Å². The second-order valence-corrected chi connectivity index (χ2v) is 7.15. The first kappa shape index (κ1) is 23.0. The minimum absolute atomic E-state index is 0.0128. The third-order valence-corrected chi connectivity index (χ3v) is 4.97. The van der Waals surface area contributed by atoms with E-state index in [4.69, 9.17) is 4.74 Å². The summed E-state index contributed by atoms with van der Waals surface area (Å²) in [6.45, 7) is 2.37. The Morgan fingerprint density at radius 2 is 1.50 bits per heavy atom. The number of carbonyl (C=O) groups excluding carboxylic acids is 2. The van der Waals surface area contributed by atoms with Crippen LogP contribution >= 0.6 is 0 Å². The molecule has 0 fully saturated rings. The highest BCUT2D eigenvalue weighted by atomic mass is 19.1. The van der Waals surface area contributed by atoms with Crippen molar-refractivity contribution in [3.8, 4) is 5.75 Å². The minimum atomic E-state index is -0.701. The molecule has 3 aromatic rings. The van der Waals surface area contributed by atoms with E-state index in [9.17, 15) is 14.0 Å². The molecule has 32 heavy (non-hydrogen) atoms. The Morgan fingerprint density at radius 1 is 0.906 bits per heavy atom. The van der Waals surface area contributed by atoms with Crippen LogP contribution in [0.5, 0.6) is 5.75 Å². The maximum Gasteiger partial charge on any atom is 0.246 e. The fraction of sp³-hybridized carbons (Fsp3) is 0.200. The Morgan fingerprint density at radius 3 is 2.09 bits per heavy atom. The number of halogens is 1. The number of benzene rings is 3. The van der Waals surface area contributed by atoms with Gasteiger partial charge in [-0.05, 0) is 60.6 Å². The van der Waals surface area contributed by atoms with Crippen LogP contribution in [0.15, 0.2) is 78.9 Å². The zero-order chi connectivity index (χ0) is 22.9. The third kappa shape index (κ3) is 6.15. The number of nitrogens with zero attached hydrogens (tertiary/aromatic N) is 1. The molecular formula is C25H26FN3O3. The lowest BCUT2D eigenvalue weighted by Gasteiger charge is -2.29. The Labute approximate surface area is 187 Å². The molecule has 3 rings (SSSR count). The van der Waals surface area contributed by atoms with Crippen molar-refractivity contribution in [1.29, 1.82) is 0 Å². The number of anilines is 2. The molecule has 0 saturated carbocycles. The maximum absolute atomic E-state index is 13.2. The number of likely N-dealkylation sites (N-methyl/N-ethyl adjacent to an activating group) is 1. The van der Waals surface area contributed by atoms with Crippen LogP contribution in [-0.4, -0.2) is 36.9 Å². The van der Waals surface area contributed by atoms with E-state index in [-0.39, 0.29) is 24.2 Å². The first-order chi connectivity index (χ1) is 15.5. The summed E-state index contributed by atoms with van der Waals surface area (Å²) in [4.78, 5) is 27.7. The molecule has 0 spiro atoms. The molecule has 1 unspecified atom stereocenters. The van der Waals surface area contributed by atoms with Gasteiger partial charge in [-0.15, -0.1) is 0 Å². The fourth-order valence-corrected chi connectivity index (χ4v) is 3.35. The number of amides is 2. The second kappa shape index (κ2) is 11.1. The number of ether oxygens (including phenoxy) is 1. The average Bonchev–Trinajstić information content (AvgIpc) is 2.81. The van der Waals surface area contributed by atoms with E-state index in [1.807, 2.05) is 37.3 Å². The lowest BCUT2D eigenvalue weighted by Crippen LogP contribution is -2.41. The predicted octanol–water partition coefficient (Wildman–Crippen LogP) is 4.47. The summed E-state index contributed by atoms with van der Waals surface area (Å²) in [5.74, 6) is -0.234. The first-order valence-corrected chi connectivity index (χ1v) is 10.3. The highest BCUT2D eigenvalue weighted by Crippen LogP contribution is 2.23. The van der Waals surface area contributed by atoms with Gasteiger partial charge in [0.2, 0.25) is 11.8 Å². The van der Waals surface area contributed by atoms with E-state index in [0.29, 0.717) is 23.7 Å². The molecule has 0 bridgehead atoms.